The van der Waals surface area contributed by atoms with Crippen LogP contribution in [0.25, 0.3) is 0 Å². The summed E-state index contributed by atoms with van der Waals surface area (Å²) in [5.41, 5.74) is 5.83. The number of nitrogens with zero attached hydrogens (tertiary/aromatic N) is 1. The van der Waals surface area contributed by atoms with E-state index >= 15 is 0 Å². The van der Waals surface area contributed by atoms with Crippen LogP contribution in [-0.4, -0.2) is 35.1 Å². The number of aliphatic hydroxyl groups is 1. The summed E-state index contributed by atoms with van der Waals surface area (Å²) in [4.78, 5) is 23.4. The van der Waals surface area contributed by atoms with E-state index in [2.05, 4.69) is 0 Å². The van der Waals surface area contributed by atoms with Gasteiger partial charge in [-0.15, -0.1) is 0 Å². The zero-order valence-corrected chi connectivity index (χ0v) is 8.80. The second-order valence-corrected chi connectivity index (χ2v) is 3.27. The number of rotatable bonds is 4. The summed E-state index contributed by atoms with van der Waals surface area (Å²) in [6, 6.07) is 8.20. The molecule has 0 spiro atoms. The predicted molar refractivity (Wildman–Crippen MR) is 58.5 cm³/mol. The lowest BCUT2D eigenvalue weighted by Crippen LogP contribution is -2.43. The first kappa shape index (κ1) is 12.2. The third kappa shape index (κ3) is 3.36. The Balaban J connectivity index is 2.66. The number of imide groups is 1. The van der Waals surface area contributed by atoms with E-state index in [-0.39, 0.29) is 19.6 Å². The lowest BCUT2D eigenvalue weighted by molar-refractivity contribution is -0.127. The van der Waals surface area contributed by atoms with Crippen LogP contribution >= 0.6 is 0 Å². The number of carbonyl (C=O) groups excluding carboxylic acids is 2. The third-order valence-electron chi connectivity index (χ3n) is 2.09. The number of urea groups is 1. The Morgan fingerprint density at radius 3 is 2.38 bits per heavy atom. The molecule has 1 aromatic carbocycles. The van der Waals surface area contributed by atoms with Crippen LogP contribution in [0.5, 0.6) is 0 Å². The van der Waals surface area contributed by atoms with E-state index in [0.717, 1.165) is 10.5 Å². The molecule has 3 N–H and O–H groups in total. The number of nitrogens with two attached hydrogens (primary N) is 1. The highest BCUT2D eigenvalue weighted by atomic mass is 16.3. The van der Waals surface area contributed by atoms with Crippen LogP contribution in [0.4, 0.5) is 4.79 Å². The number of aliphatic hydroxyl groups excluding tert-OH is 1. The molecule has 0 aromatic heterocycles. The largest absolute Gasteiger partial charge is 0.395 e. The zero-order chi connectivity index (χ0) is 12.0. The lowest BCUT2D eigenvalue weighted by Gasteiger charge is -2.16. The van der Waals surface area contributed by atoms with Crippen molar-refractivity contribution in [2.75, 3.05) is 13.2 Å². The molecule has 5 heteroatoms. The van der Waals surface area contributed by atoms with Gasteiger partial charge >= 0.3 is 6.03 Å². The van der Waals surface area contributed by atoms with Gasteiger partial charge in [-0.2, -0.15) is 0 Å². The van der Waals surface area contributed by atoms with Gasteiger partial charge in [0.05, 0.1) is 19.6 Å². The first-order valence-corrected chi connectivity index (χ1v) is 4.89. The van der Waals surface area contributed by atoms with Gasteiger partial charge in [-0.3, -0.25) is 9.69 Å². The maximum absolute atomic E-state index is 11.7. The highest BCUT2D eigenvalue weighted by molar-refractivity contribution is 5.94. The van der Waals surface area contributed by atoms with E-state index in [1.54, 1.807) is 12.1 Å². The number of carbonyl (C=O) groups is 2. The maximum Gasteiger partial charge on any atom is 0.321 e. The van der Waals surface area contributed by atoms with E-state index in [4.69, 9.17) is 10.8 Å². The topological polar surface area (TPSA) is 83.6 Å². The van der Waals surface area contributed by atoms with E-state index in [1.807, 2.05) is 18.2 Å². The summed E-state index contributed by atoms with van der Waals surface area (Å²) >= 11 is 0. The molecule has 1 aromatic rings. The van der Waals surface area contributed by atoms with Crippen LogP contribution in [0.1, 0.15) is 5.56 Å². The van der Waals surface area contributed by atoms with Gasteiger partial charge in [0.1, 0.15) is 0 Å². The third-order valence-corrected chi connectivity index (χ3v) is 2.09. The molecule has 86 valence electrons. The molecule has 0 radical (unpaired) electrons. The Kier molecular flexibility index (Phi) is 4.47. The molecule has 0 aliphatic heterocycles. The van der Waals surface area contributed by atoms with Gasteiger partial charge in [0, 0.05) is 0 Å². The second kappa shape index (κ2) is 5.87. The highest BCUT2D eigenvalue weighted by Crippen LogP contribution is 2.02. The van der Waals surface area contributed by atoms with Gasteiger partial charge in [0.25, 0.3) is 0 Å². The Morgan fingerprint density at radius 1 is 1.25 bits per heavy atom. The molecule has 0 aliphatic rings. The van der Waals surface area contributed by atoms with Crippen LogP contribution < -0.4 is 5.73 Å². The summed E-state index contributed by atoms with van der Waals surface area (Å²) in [6.07, 6.45) is 0.101. The van der Waals surface area contributed by atoms with Gasteiger partial charge in [0.2, 0.25) is 5.91 Å². The summed E-state index contributed by atoms with van der Waals surface area (Å²) in [6.45, 7) is -0.357. The lowest BCUT2D eigenvalue weighted by atomic mass is 10.1. The van der Waals surface area contributed by atoms with E-state index in [1.165, 1.54) is 0 Å². The molecule has 0 fully saturated rings. The molecule has 0 saturated heterocycles. The molecule has 0 unspecified atom stereocenters. The van der Waals surface area contributed by atoms with Crippen LogP contribution in [0, 0.1) is 0 Å². The van der Waals surface area contributed by atoms with Crippen molar-refractivity contribution in [3.63, 3.8) is 0 Å². The van der Waals surface area contributed by atoms with Crippen molar-refractivity contribution in [2.45, 2.75) is 6.42 Å². The number of primary amides is 1. The molecule has 0 saturated carbocycles. The fraction of sp³-hybridized carbons (Fsp3) is 0.273. The van der Waals surface area contributed by atoms with Crippen LogP contribution in [0.3, 0.4) is 0 Å². The van der Waals surface area contributed by atoms with Crippen molar-refractivity contribution < 1.29 is 14.7 Å². The fourth-order valence-electron chi connectivity index (χ4n) is 1.32. The van der Waals surface area contributed by atoms with Gasteiger partial charge in [-0.05, 0) is 5.56 Å². The number of benzene rings is 1. The average molecular weight is 222 g/mol. The predicted octanol–water partition coefficient (Wildman–Crippen LogP) is 0.129. The molecule has 3 amide bonds. The smallest absolute Gasteiger partial charge is 0.321 e. The minimum absolute atomic E-state index is 0.0685. The molecule has 0 atom stereocenters. The molecule has 0 aliphatic carbocycles. The molecular weight excluding hydrogens is 208 g/mol. The minimum atomic E-state index is -0.838. The van der Waals surface area contributed by atoms with E-state index < -0.39 is 11.9 Å². The Morgan fingerprint density at radius 2 is 1.88 bits per heavy atom. The van der Waals surface area contributed by atoms with Crippen molar-refractivity contribution in [3.05, 3.63) is 35.9 Å². The van der Waals surface area contributed by atoms with Crippen LogP contribution in [-0.2, 0) is 11.2 Å². The standard InChI is InChI=1S/C11H14N2O3/c12-11(16)13(6-7-14)10(15)8-9-4-2-1-3-5-9/h1-5,14H,6-8H2,(H2,12,16). The summed E-state index contributed by atoms with van der Waals surface area (Å²) in [5.74, 6) is -0.409. The normalized spacial score (nSPS) is 9.81. The summed E-state index contributed by atoms with van der Waals surface area (Å²) < 4.78 is 0. The fourth-order valence-corrected chi connectivity index (χ4v) is 1.32. The first-order chi connectivity index (χ1) is 7.65. The minimum Gasteiger partial charge on any atom is -0.395 e. The van der Waals surface area contributed by atoms with Crippen LogP contribution in [0.15, 0.2) is 30.3 Å². The Bertz CT molecular complexity index is 365. The van der Waals surface area contributed by atoms with E-state index in [0.29, 0.717) is 0 Å². The molecule has 16 heavy (non-hydrogen) atoms. The molecule has 0 bridgehead atoms. The van der Waals surface area contributed by atoms with Crippen molar-refractivity contribution >= 4 is 11.9 Å². The van der Waals surface area contributed by atoms with Crippen molar-refractivity contribution in [1.29, 1.82) is 0 Å². The second-order valence-electron chi connectivity index (χ2n) is 3.27. The van der Waals surface area contributed by atoms with Gasteiger partial charge in [-0.1, -0.05) is 30.3 Å². The van der Waals surface area contributed by atoms with Gasteiger partial charge in [-0.25, -0.2) is 4.79 Å². The molecule has 5 nitrogen and oxygen atoms in total. The SMILES string of the molecule is NC(=O)N(CCO)C(=O)Cc1ccccc1. The number of hydrogen-bond donors (Lipinski definition) is 2. The zero-order valence-electron chi connectivity index (χ0n) is 8.80. The molecular formula is C11H14N2O3. The molecule has 1 rings (SSSR count). The Hall–Kier alpha value is -1.88. The number of hydrogen-bond acceptors (Lipinski definition) is 3. The average Bonchev–Trinajstić information content (AvgIpc) is 2.26. The Labute approximate surface area is 93.5 Å². The summed E-state index contributed by atoms with van der Waals surface area (Å²) in [5, 5.41) is 8.70. The van der Waals surface area contributed by atoms with Crippen molar-refractivity contribution in [3.8, 4) is 0 Å². The summed E-state index contributed by atoms with van der Waals surface area (Å²) in [7, 11) is 0. The van der Waals surface area contributed by atoms with Crippen molar-refractivity contribution in [1.82, 2.24) is 4.90 Å². The first-order valence-electron chi connectivity index (χ1n) is 4.89. The van der Waals surface area contributed by atoms with Crippen molar-refractivity contribution in [2.24, 2.45) is 5.73 Å². The number of amides is 3. The van der Waals surface area contributed by atoms with Crippen LogP contribution in [0.2, 0.25) is 0 Å². The highest BCUT2D eigenvalue weighted by Gasteiger charge is 2.17. The van der Waals surface area contributed by atoms with Gasteiger partial charge < -0.3 is 10.8 Å². The monoisotopic (exact) mass is 222 g/mol. The maximum atomic E-state index is 11.7. The quantitative estimate of drug-likeness (QED) is 0.759. The van der Waals surface area contributed by atoms with Gasteiger partial charge in [0.15, 0.2) is 0 Å². The van der Waals surface area contributed by atoms with E-state index in [9.17, 15) is 9.59 Å². The molecule has 0 heterocycles.